The van der Waals surface area contributed by atoms with E-state index in [4.69, 9.17) is 17.0 Å². The number of aryl methyl sites for hydroxylation is 1. The van der Waals surface area contributed by atoms with Crippen molar-refractivity contribution in [2.24, 2.45) is 5.10 Å². The van der Waals surface area contributed by atoms with Crippen LogP contribution in [0.4, 0.5) is 0 Å². The van der Waals surface area contributed by atoms with Crippen LogP contribution >= 0.6 is 12.2 Å². The van der Waals surface area contributed by atoms with Crippen LogP contribution in [0, 0.1) is 13.8 Å². The van der Waals surface area contributed by atoms with E-state index in [1.54, 1.807) is 0 Å². The van der Waals surface area contributed by atoms with Crippen LogP contribution in [-0.2, 0) is 4.74 Å². The normalized spacial score (nSPS) is 15.2. The number of thiocarbonyl (C=S) groups is 1. The lowest BCUT2D eigenvalue weighted by Crippen LogP contribution is -2.39. The molecule has 0 unspecified atom stereocenters. The topological polar surface area (TPSA) is 71.6 Å². The summed E-state index contributed by atoms with van der Waals surface area (Å²) in [6.07, 6.45) is 4.69. The number of aromatic nitrogens is 3. The Kier molecular flexibility index (Phi) is 8.01. The highest BCUT2D eigenvalue weighted by Crippen LogP contribution is 2.21. The number of ether oxygens (including phenoxy) is 1. The zero-order valence-electron chi connectivity index (χ0n) is 18.4. The zero-order valence-corrected chi connectivity index (χ0v) is 19.2. The summed E-state index contributed by atoms with van der Waals surface area (Å²) in [5, 5.41) is 12.5. The lowest BCUT2D eigenvalue weighted by Gasteiger charge is -2.26. The Morgan fingerprint density at radius 2 is 2.10 bits per heavy atom. The number of rotatable bonds is 8. The Bertz CT molecular complexity index is 865. The van der Waals surface area contributed by atoms with Crippen molar-refractivity contribution in [3.8, 4) is 5.82 Å². The van der Waals surface area contributed by atoms with Crippen LogP contribution in [0.1, 0.15) is 43.3 Å². The summed E-state index contributed by atoms with van der Waals surface area (Å²) in [6, 6.07) is 4.45. The van der Waals surface area contributed by atoms with E-state index in [0.717, 1.165) is 68.6 Å². The van der Waals surface area contributed by atoms with Gasteiger partial charge in [0, 0.05) is 48.7 Å². The molecule has 0 saturated carbocycles. The standard InChI is InChI=1S/C21H33N7OS/c1-16(2)28-20(6-8-24-28)27-17(3)14-19(18(27)4)15-23-25-21(30)22-7-5-9-26-10-12-29-13-11-26/h6,8,14-16H,5,7,9-13H2,1-4H3,(H2,22,25,30)/b23-15-. The van der Waals surface area contributed by atoms with Crippen LogP contribution in [0.3, 0.4) is 0 Å². The third-order valence-electron chi connectivity index (χ3n) is 5.25. The predicted octanol–water partition coefficient (Wildman–Crippen LogP) is 2.39. The first-order valence-corrected chi connectivity index (χ1v) is 11.0. The maximum Gasteiger partial charge on any atom is 0.186 e. The number of nitrogens with zero attached hydrogens (tertiary/aromatic N) is 5. The average Bonchev–Trinajstić information content (AvgIpc) is 3.30. The van der Waals surface area contributed by atoms with Gasteiger partial charge in [0.15, 0.2) is 5.11 Å². The van der Waals surface area contributed by atoms with Gasteiger partial charge in [0.05, 0.1) is 25.6 Å². The molecule has 0 aliphatic carbocycles. The van der Waals surface area contributed by atoms with Gasteiger partial charge in [-0.2, -0.15) is 10.2 Å². The second-order valence-electron chi connectivity index (χ2n) is 7.82. The van der Waals surface area contributed by atoms with Crippen LogP contribution in [0.15, 0.2) is 23.4 Å². The molecule has 2 aromatic heterocycles. The van der Waals surface area contributed by atoms with Crippen molar-refractivity contribution >= 4 is 23.5 Å². The average molecular weight is 432 g/mol. The molecule has 2 aromatic rings. The number of nitrogens with one attached hydrogen (secondary N) is 2. The molecule has 1 fully saturated rings. The molecular formula is C21H33N7OS. The highest BCUT2D eigenvalue weighted by Gasteiger charge is 2.14. The molecule has 3 rings (SSSR count). The molecule has 9 heteroatoms. The molecule has 30 heavy (non-hydrogen) atoms. The molecule has 2 N–H and O–H groups in total. The Morgan fingerprint density at radius 1 is 1.33 bits per heavy atom. The summed E-state index contributed by atoms with van der Waals surface area (Å²) in [5.41, 5.74) is 6.22. The molecule has 164 valence electrons. The Labute approximate surface area is 184 Å². The first-order chi connectivity index (χ1) is 14.5. The lowest BCUT2D eigenvalue weighted by atomic mass is 10.3. The minimum absolute atomic E-state index is 0.293. The summed E-state index contributed by atoms with van der Waals surface area (Å²) >= 11 is 5.33. The Balaban J connectivity index is 1.50. The molecule has 1 aliphatic rings. The molecule has 0 amide bonds. The van der Waals surface area contributed by atoms with E-state index in [9.17, 15) is 0 Å². The molecule has 1 saturated heterocycles. The smallest absolute Gasteiger partial charge is 0.186 e. The van der Waals surface area contributed by atoms with Crippen molar-refractivity contribution in [2.75, 3.05) is 39.4 Å². The fraction of sp³-hybridized carbons (Fsp3) is 0.571. The summed E-state index contributed by atoms with van der Waals surface area (Å²) in [7, 11) is 0. The maximum absolute atomic E-state index is 5.37. The quantitative estimate of drug-likeness (QED) is 0.289. The van der Waals surface area contributed by atoms with Gasteiger partial charge in [0.1, 0.15) is 5.82 Å². The molecular weight excluding hydrogens is 398 g/mol. The molecule has 8 nitrogen and oxygen atoms in total. The fourth-order valence-corrected chi connectivity index (χ4v) is 3.84. The van der Waals surface area contributed by atoms with E-state index < -0.39 is 0 Å². The molecule has 0 aromatic carbocycles. The van der Waals surface area contributed by atoms with Crippen LogP contribution in [-0.4, -0.2) is 70.0 Å². The van der Waals surface area contributed by atoms with Crippen LogP contribution in [0.2, 0.25) is 0 Å². The van der Waals surface area contributed by atoms with E-state index in [0.29, 0.717) is 11.2 Å². The van der Waals surface area contributed by atoms with Gasteiger partial charge in [0.25, 0.3) is 0 Å². The third kappa shape index (κ3) is 5.68. The Morgan fingerprint density at radius 3 is 2.83 bits per heavy atom. The second-order valence-corrected chi connectivity index (χ2v) is 8.23. The summed E-state index contributed by atoms with van der Waals surface area (Å²) in [4.78, 5) is 2.42. The van der Waals surface area contributed by atoms with Gasteiger partial charge in [-0.15, -0.1) is 0 Å². The minimum atomic E-state index is 0.293. The summed E-state index contributed by atoms with van der Waals surface area (Å²) in [6.45, 7) is 14.0. The van der Waals surface area contributed by atoms with Crippen molar-refractivity contribution < 1.29 is 4.74 Å². The molecule has 1 aliphatic heterocycles. The monoisotopic (exact) mass is 431 g/mol. The highest BCUT2D eigenvalue weighted by molar-refractivity contribution is 7.80. The van der Waals surface area contributed by atoms with Gasteiger partial charge in [-0.3, -0.25) is 10.3 Å². The predicted molar refractivity (Wildman–Crippen MR) is 125 cm³/mol. The first-order valence-electron chi connectivity index (χ1n) is 10.6. The van der Waals surface area contributed by atoms with Gasteiger partial charge in [-0.25, -0.2) is 4.68 Å². The molecule has 0 atom stereocenters. The van der Waals surface area contributed by atoms with E-state index in [1.807, 2.05) is 23.2 Å². The maximum atomic E-state index is 5.37. The van der Waals surface area contributed by atoms with E-state index in [-0.39, 0.29) is 0 Å². The van der Waals surface area contributed by atoms with Gasteiger partial charge >= 0.3 is 0 Å². The third-order valence-corrected chi connectivity index (χ3v) is 5.48. The number of hydrogen-bond acceptors (Lipinski definition) is 5. The van der Waals surface area contributed by atoms with Crippen LogP contribution in [0.25, 0.3) is 5.82 Å². The van der Waals surface area contributed by atoms with Crippen molar-refractivity contribution in [1.82, 2.24) is 30.0 Å². The van der Waals surface area contributed by atoms with Crippen LogP contribution in [0.5, 0.6) is 0 Å². The largest absolute Gasteiger partial charge is 0.379 e. The van der Waals surface area contributed by atoms with Crippen molar-refractivity contribution in [3.05, 3.63) is 35.3 Å². The van der Waals surface area contributed by atoms with Gasteiger partial charge in [-0.1, -0.05) is 0 Å². The van der Waals surface area contributed by atoms with E-state index in [2.05, 4.69) is 64.2 Å². The van der Waals surface area contributed by atoms with Crippen molar-refractivity contribution in [3.63, 3.8) is 0 Å². The molecule has 0 bridgehead atoms. The highest BCUT2D eigenvalue weighted by atomic mass is 32.1. The van der Waals surface area contributed by atoms with Gasteiger partial charge in [0.2, 0.25) is 0 Å². The molecule has 0 spiro atoms. The zero-order chi connectivity index (χ0) is 21.5. The molecule has 3 heterocycles. The lowest BCUT2D eigenvalue weighted by molar-refractivity contribution is 0.0376. The number of hydrogen-bond donors (Lipinski definition) is 2. The summed E-state index contributed by atoms with van der Waals surface area (Å²) < 4.78 is 9.60. The SMILES string of the molecule is Cc1cc(/C=N\NC(=S)NCCCN2CCOCC2)c(C)n1-c1ccnn1C(C)C. The molecule has 0 radical (unpaired) electrons. The number of morpholine rings is 1. The summed E-state index contributed by atoms with van der Waals surface area (Å²) in [5.74, 6) is 1.06. The van der Waals surface area contributed by atoms with Crippen molar-refractivity contribution in [1.29, 1.82) is 0 Å². The van der Waals surface area contributed by atoms with Gasteiger partial charge in [-0.05, 0) is 58.9 Å². The van der Waals surface area contributed by atoms with Crippen molar-refractivity contribution in [2.45, 2.75) is 40.2 Å². The van der Waals surface area contributed by atoms with Crippen LogP contribution < -0.4 is 10.7 Å². The second kappa shape index (κ2) is 10.7. The first kappa shape index (κ1) is 22.5. The number of hydrazone groups is 1. The van der Waals surface area contributed by atoms with Gasteiger partial charge < -0.3 is 14.6 Å². The van der Waals surface area contributed by atoms with E-state index in [1.165, 1.54) is 0 Å². The fourth-order valence-electron chi connectivity index (χ4n) is 3.68. The van der Waals surface area contributed by atoms with E-state index >= 15 is 0 Å². The Hall–Kier alpha value is -2.23. The minimum Gasteiger partial charge on any atom is -0.379 e.